The highest BCUT2D eigenvalue weighted by atomic mass is 16.2. The Bertz CT molecular complexity index is 1450. The van der Waals surface area contributed by atoms with E-state index in [1.165, 1.54) is 0 Å². The smallest absolute Gasteiger partial charge is 0.225 e. The molecule has 8 heteroatoms. The van der Waals surface area contributed by atoms with Crippen molar-refractivity contribution in [1.82, 2.24) is 24.4 Å². The van der Waals surface area contributed by atoms with E-state index >= 15 is 0 Å². The molecule has 1 saturated heterocycles. The van der Waals surface area contributed by atoms with Gasteiger partial charge in [-0.15, -0.1) is 0 Å². The fraction of sp³-hybridized carbons (Fsp3) is 0.296. The van der Waals surface area contributed by atoms with Crippen LogP contribution in [0.15, 0.2) is 60.9 Å². The van der Waals surface area contributed by atoms with E-state index in [4.69, 9.17) is 4.98 Å². The Kier molecular flexibility index (Phi) is 5.38. The summed E-state index contributed by atoms with van der Waals surface area (Å²) in [4.78, 5) is 28.2. The summed E-state index contributed by atoms with van der Waals surface area (Å²) in [7, 11) is 0. The Morgan fingerprint density at radius 2 is 1.94 bits per heavy atom. The van der Waals surface area contributed by atoms with Crippen molar-refractivity contribution in [3.63, 3.8) is 0 Å². The largest absolute Gasteiger partial charge is 0.350 e. The molecular formula is C27H25N7O. The molecule has 6 rings (SSSR count). The second kappa shape index (κ2) is 8.84. The summed E-state index contributed by atoms with van der Waals surface area (Å²) in [5.74, 6) is 2.41. The third kappa shape index (κ3) is 4.21. The number of nitrogens with zero attached hydrogens (tertiary/aromatic N) is 6. The van der Waals surface area contributed by atoms with Crippen molar-refractivity contribution in [2.24, 2.45) is 5.92 Å². The number of hydrogen-bond donors (Lipinski definition) is 1. The molecular weight excluding hydrogens is 438 g/mol. The van der Waals surface area contributed by atoms with Crippen molar-refractivity contribution in [2.75, 3.05) is 18.4 Å². The van der Waals surface area contributed by atoms with E-state index in [0.717, 1.165) is 53.7 Å². The van der Waals surface area contributed by atoms with Crippen molar-refractivity contribution in [2.45, 2.75) is 31.7 Å². The van der Waals surface area contributed by atoms with E-state index in [2.05, 4.69) is 45.6 Å². The van der Waals surface area contributed by atoms with Crippen molar-refractivity contribution >= 4 is 22.6 Å². The van der Waals surface area contributed by atoms with Gasteiger partial charge in [0.1, 0.15) is 11.6 Å². The lowest BCUT2D eigenvalue weighted by atomic mass is 10.1. The van der Waals surface area contributed by atoms with E-state index in [0.29, 0.717) is 18.3 Å². The van der Waals surface area contributed by atoms with Crippen molar-refractivity contribution in [3.05, 3.63) is 66.6 Å². The molecule has 1 atom stereocenters. The Balaban J connectivity index is 1.30. The number of fused-ring (bicyclic) bond motifs is 1. The van der Waals surface area contributed by atoms with Crippen molar-refractivity contribution in [3.8, 4) is 23.3 Å². The average molecular weight is 464 g/mol. The molecule has 2 fully saturated rings. The minimum Gasteiger partial charge on any atom is -0.350 e. The minimum absolute atomic E-state index is 0.120. The molecule has 0 bridgehead atoms. The number of aromatic nitrogens is 4. The van der Waals surface area contributed by atoms with Crippen LogP contribution in [0.2, 0.25) is 0 Å². The molecule has 3 heterocycles. The molecule has 2 aliphatic rings. The van der Waals surface area contributed by atoms with E-state index in [1.807, 2.05) is 33.7 Å². The molecule has 174 valence electrons. The number of carbonyl (C=O) groups is 1. The van der Waals surface area contributed by atoms with Gasteiger partial charge in [0.2, 0.25) is 11.9 Å². The van der Waals surface area contributed by atoms with Crippen LogP contribution in [0.3, 0.4) is 0 Å². The van der Waals surface area contributed by atoms with Gasteiger partial charge in [0.15, 0.2) is 0 Å². The molecule has 1 saturated carbocycles. The summed E-state index contributed by atoms with van der Waals surface area (Å²) in [5.41, 5.74) is 1.72. The molecule has 1 N–H and O–H groups in total. The molecule has 4 aromatic rings. The van der Waals surface area contributed by atoms with E-state index in [1.54, 1.807) is 12.4 Å². The summed E-state index contributed by atoms with van der Waals surface area (Å²) in [6, 6.07) is 18.6. The van der Waals surface area contributed by atoms with Crippen LogP contribution < -0.4 is 5.32 Å². The molecule has 0 radical (unpaired) electrons. The lowest BCUT2D eigenvalue weighted by Crippen LogP contribution is -2.32. The highest BCUT2D eigenvalue weighted by Gasteiger charge is 2.36. The maximum atomic E-state index is 12.4. The number of carbonyl (C=O) groups excluding carboxylic acids is 1. The quantitative estimate of drug-likeness (QED) is 0.464. The van der Waals surface area contributed by atoms with E-state index in [-0.39, 0.29) is 24.3 Å². The lowest BCUT2D eigenvalue weighted by molar-refractivity contribution is -0.131. The predicted molar refractivity (Wildman–Crippen MR) is 133 cm³/mol. The Morgan fingerprint density at radius 1 is 1.09 bits per heavy atom. The number of likely N-dealkylation sites (tertiary alicyclic amines) is 1. The lowest BCUT2D eigenvalue weighted by Gasteiger charge is -2.17. The van der Waals surface area contributed by atoms with E-state index < -0.39 is 0 Å². The van der Waals surface area contributed by atoms with Gasteiger partial charge in [0, 0.05) is 36.8 Å². The number of anilines is 1. The highest BCUT2D eigenvalue weighted by molar-refractivity contribution is 5.86. The van der Waals surface area contributed by atoms with Crippen molar-refractivity contribution < 1.29 is 4.79 Å². The number of amides is 1. The van der Waals surface area contributed by atoms with Crippen LogP contribution in [-0.4, -0.2) is 49.5 Å². The topological polar surface area (TPSA) is 99.7 Å². The predicted octanol–water partition coefficient (Wildman–Crippen LogP) is 3.97. The zero-order chi connectivity index (χ0) is 23.8. The number of benzene rings is 2. The van der Waals surface area contributed by atoms with Crippen LogP contribution in [0.25, 0.3) is 28.0 Å². The molecule has 1 aliphatic heterocycles. The van der Waals surface area contributed by atoms with Crippen LogP contribution in [0.4, 0.5) is 5.95 Å². The third-order valence-corrected chi connectivity index (χ3v) is 6.73. The number of rotatable bonds is 6. The number of hydrogen-bond acceptors (Lipinski definition) is 6. The van der Waals surface area contributed by atoms with Gasteiger partial charge in [-0.25, -0.2) is 9.97 Å². The van der Waals surface area contributed by atoms with Gasteiger partial charge >= 0.3 is 0 Å². The molecule has 2 aromatic carbocycles. The van der Waals surface area contributed by atoms with Gasteiger partial charge in [0.25, 0.3) is 0 Å². The zero-order valence-electron chi connectivity index (χ0n) is 19.3. The minimum atomic E-state index is 0.120. The third-order valence-electron chi connectivity index (χ3n) is 6.73. The maximum absolute atomic E-state index is 12.4. The Labute approximate surface area is 203 Å². The van der Waals surface area contributed by atoms with Crippen LogP contribution >= 0.6 is 0 Å². The summed E-state index contributed by atoms with van der Waals surface area (Å²) >= 11 is 0. The second-order valence-corrected chi connectivity index (χ2v) is 9.23. The SMILES string of the molecule is N#CCc1cnc(-c2ccc3ccccc3c2)n1-c1ccnc(N[C@H]2CCN(C(=O)C3CC3)C2)n1. The number of nitriles is 1. The van der Waals surface area contributed by atoms with Crippen LogP contribution in [0.1, 0.15) is 25.0 Å². The molecule has 35 heavy (non-hydrogen) atoms. The molecule has 0 spiro atoms. The number of imidazole rings is 1. The second-order valence-electron chi connectivity index (χ2n) is 9.23. The normalized spacial score (nSPS) is 17.5. The average Bonchev–Trinajstić information content (AvgIpc) is 3.50. The van der Waals surface area contributed by atoms with E-state index in [9.17, 15) is 10.1 Å². The first-order valence-electron chi connectivity index (χ1n) is 12.0. The summed E-state index contributed by atoms with van der Waals surface area (Å²) in [5, 5.41) is 15.1. The van der Waals surface area contributed by atoms with Crippen molar-refractivity contribution in [1.29, 1.82) is 5.26 Å². The summed E-state index contributed by atoms with van der Waals surface area (Å²) < 4.78 is 1.93. The van der Waals surface area contributed by atoms with Crippen LogP contribution in [0.5, 0.6) is 0 Å². The first kappa shape index (κ1) is 21.3. The number of nitrogens with one attached hydrogen (secondary N) is 1. The fourth-order valence-electron chi connectivity index (χ4n) is 4.77. The highest BCUT2D eigenvalue weighted by Crippen LogP contribution is 2.32. The summed E-state index contributed by atoms with van der Waals surface area (Å²) in [6.07, 6.45) is 6.59. The van der Waals surface area contributed by atoms with Gasteiger partial charge in [-0.1, -0.05) is 36.4 Å². The molecule has 1 amide bonds. The first-order chi connectivity index (χ1) is 17.2. The Hall–Kier alpha value is -4.25. The summed E-state index contributed by atoms with van der Waals surface area (Å²) in [6.45, 7) is 1.45. The van der Waals surface area contributed by atoms with Crippen LogP contribution in [-0.2, 0) is 11.2 Å². The van der Waals surface area contributed by atoms with Gasteiger partial charge in [-0.3, -0.25) is 9.36 Å². The first-order valence-corrected chi connectivity index (χ1v) is 12.0. The van der Waals surface area contributed by atoms with Gasteiger partial charge in [0.05, 0.1) is 24.4 Å². The van der Waals surface area contributed by atoms with Gasteiger partial charge in [-0.2, -0.15) is 10.2 Å². The van der Waals surface area contributed by atoms with Gasteiger partial charge in [-0.05, 0) is 42.2 Å². The molecule has 2 aromatic heterocycles. The fourth-order valence-corrected chi connectivity index (χ4v) is 4.77. The Morgan fingerprint density at radius 3 is 2.77 bits per heavy atom. The monoisotopic (exact) mass is 463 g/mol. The molecule has 0 unspecified atom stereocenters. The molecule has 8 nitrogen and oxygen atoms in total. The maximum Gasteiger partial charge on any atom is 0.225 e. The standard InChI is InChI=1S/C27H25N7O/c28-12-9-23-16-30-25(21-8-5-18-3-1-2-4-20(18)15-21)34(23)24-10-13-29-27(32-24)31-22-11-14-33(17-22)26(35)19-6-7-19/h1-5,8,10,13,15-16,19,22H,6-7,9,11,14,17H2,(H,29,31,32)/t22-/m0/s1. The van der Waals surface area contributed by atoms with Crippen LogP contribution in [0, 0.1) is 17.2 Å². The van der Waals surface area contributed by atoms with Gasteiger partial charge < -0.3 is 10.2 Å². The zero-order valence-corrected chi connectivity index (χ0v) is 19.3. The molecule has 1 aliphatic carbocycles.